The summed E-state index contributed by atoms with van der Waals surface area (Å²) in [5.74, 6) is -0.268. The lowest BCUT2D eigenvalue weighted by atomic mass is 9.99. The minimum absolute atomic E-state index is 0.228. The van der Waals surface area contributed by atoms with Gasteiger partial charge in [0.25, 0.3) is 0 Å². The van der Waals surface area contributed by atoms with Crippen molar-refractivity contribution in [1.29, 1.82) is 0 Å². The molecule has 1 aromatic carbocycles. The molecule has 20 heavy (non-hydrogen) atoms. The number of anilines is 1. The molecule has 1 aliphatic rings. The second-order valence-electron chi connectivity index (χ2n) is 4.68. The monoisotopic (exact) mass is 274 g/mol. The molecule has 0 aliphatic carbocycles. The molecule has 3 rings (SSSR count). The fourth-order valence-electron chi connectivity index (χ4n) is 2.06. The fraction of sp³-hybridized carbons (Fsp3) is 0.333. The molecular formula is C12H14N6O2. The van der Waals surface area contributed by atoms with Crippen molar-refractivity contribution >= 4 is 11.6 Å². The highest BCUT2D eigenvalue weighted by Gasteiger charge is 2.38. The van der Waals surface area contributed by atoms with Gasteiger partial charge in [0, 0.05) is 6.61 Å². The molecule has 0 radical (unpaired) electrons. The maximum Gasteiger partial charge on any atom is 0.247 e. The number of ether oxygens (including phenoxy) is 1. The van der Waals surface area contributed by atoms with Crippen LogP contribution in [0.4, 0.5) is 5.69 Å². The van der Waals surface area contributed by atoms with Gasteiger partial charge < -0.3 is 15.8 Å². The maximum atomic E-state index is 12.3. The molecule has 1 atom stereocenters. The number of tetrazole rings is 1. The Morgan fingerprint density at radius 1 is 1.45 bits per heavy atom. The van der Waals surface area contributed by atoms with Crippen molar-refractivity contribution in [2.45, 2.75) is 12.0 Å². The molecular weight excluding hydrogens is 260 g/mol. The van der Waals surface area contributed by atoms with Crippen molar-refractivity contribution in [2.75, 3.05) is 18.5 Å². The molecule has 2 heterocycles. The van der Waals surface area contributed by atoms with Gasteiger partial charge in [-0.25, -0.2) is 0 Å². The largest absolute Gasteiger partial charge is 0.379 e. The van der Waals surface area contributed by atoms with Gasteiger partial charge in [0.2, 0.25) is 5.91 Å². The highest BCUT2D eigenvalue weighted by atomic mass is 16.5. The highest BCUT2D eigenvalue weighted by Crippen LogP contribution is 2.22. The van der Waals surface area contributed by atoms with Crippen LogP contribution in [0.1, 0.15) is 6.42 Å². The van der Waals surface area contributed by atoms with Crippen LogP contribution in [-0.4, -0.2) is 44.9 Å². The average Bonchev–Trinajstić information content (AvgIpc) is 3.11. The van der Waals surface area contributed by atoms with Gasteiger partial charge in [-0.05, 0) is 29.0 Å². The molecule has 2 aromatic rings. The Morgan fingerprint density at radius 3 is 3.00 bits per heavy atom. The number of para-hydroxylation sites is 2. The number of carbonyl (C=O) groups excluding carboxylic acids is 1. The van der Waals surface area contributed by atoms with Crippen LogP contribution < -0.4 is 11.1 Å². The maximum absolute atomic E-state index is 12.3. The zero-order valence-corrected chi connectivity index (χ0v) is 10.7. The Kier molecular flexibility index (Phi) is 3.17. The molecule has 1 saturated heterocycles. The third-order valence-corrected chi connectivity index (χ3v) is 3.25. The number of benzene rings is 1. The van der Waals surface area contributed by atoms with Crippen molar-refractivity contribution in [3.8, 4) is 5.69 Å². The third kappa shape index (κ3) is 2.26. The Balaban J connectivity index is 1.86. The third-order valence-electron chi connectivity index (χ3n) is 3.25. The van der Waals surface area contributed by atoms with E-state index in [-0.39, 0.29) is 12.5 Å². The molecule has 1 unspecified atom stereocenters. The van der Waals surface area contributed by atoms with E-state index < -0.39 is 5.54 Å². The first-order valence-electron chi connectivity index (χ1n) is 6.19. The summed E-state index contributed by atoms with van der Waals surface area (Å²) >= 11 is 0. The van der Waals surface area contributed by atoms with Crippen molar-refractivity contribution in [3.05, 3.63) is 30.6 Å². The lowest BCUT2D eigenvalue weighted by Crippen LogP contribution is -2.51. The van der Waals surface area contributed by atoms with E-state index in [1.54, 1.807) is 12.1 Å². The van der Waals surface area contributed by atoms with E-state index in [0.717, 1.165) is 0 Å². The fourth-order valence-corrected chi connectivity index (χ4v) is 2.06. The van der Waals surface area contributed by atoms with Gasteiger partial charge in [0.05, 0.1) is 18.0 Å². The molecule has 0 saturated carbocycles. The van der Waals surface area contributed by atoms with Crippen molar-refractivity contribution < 1.29 is 9.53 Å². The molecule has 1 amide bonds. The van der Waals surface area contributed by atoms with E-state index in [1.165, 1.54) is 11.0 Å². The van der Waals surface area contributed by atoms with Crippen molar-refractivity contribution in [3.63, 3.8) is 0 Å². The van der Waals surface area contributed by atoms with E-state index in [4.69, 9.17) is 10.5 Å². The SMILES string of the molecule is NC1(C(=O)Nc2ccccc2-n2cnnn2)CCOC1. The van der Waals surface area contributed by atoms with Crippen LogP contribution in [-0.2, 0) is 9.53 Å². The van der Waals surface area contributed by atoms with E-state index in [0.29, 0.717) is 24.4 Å². The first kappa shape index (κ1) is 12.7. The van der Waals surface area contributed by atoms with Gasteiger partial charge in [-0.3, -0.25) is 4.79 Å². The number of amides is 1. The van der Waals surface area contributed by atoms with E-state index in [1.807, 2.05) is 12.1 Å². The minimum Gasteiger partial charge on any atom is -0.379 e. The van der Waals surface area contributed by atoms with Crippen LogP contribution in [0.25, 0.3) is 5.69 Å². The predicted octanol–water partition coefficient (Wildman–Crippen LogP) is -0.281. The number of nitrogens with two attached hydrogens (primary N) is 1. The number of hydrogen-bond acceptors (Lipinski definition) is 6. The molecule has 1 aliphatic heterocycles. The van der Waals surface area contributed by atoms with Crippen LogP contribution in [0.2, 0.25) is 0 Å². The summed E-state index contributed by atoms with van der Waals surface area (Å²) in [4.78, 5) is 12.3. The van der Waals surface area contributed by atoms with Gasteiger partial charge in [-0.1, -0.05) is 12.1 Å². The first-order chi connectivity index (χ1) is 9.69. The van der Waals surface area contributed by atoms with Crippen LogP contribution in [0.5, 0.6) is 0 Å². The van der Waals surface area contributed by atoms with Gasteiger partial charge >= 0.3 is 0 Å². The summed E-state index contributed by atoms with van der Waals surface area (Å²) in [6, 6.07) is 7.23. The predicted molar refractivity (Wildman–Crippen MR) is 70.1 cm³/mol. The molecule has 8 nitrogen and oxygen atoms in total. The second-order valence-corrected chi connectivity index (χ2v) is 4.68. The zero-order chi connectivity index (χ0) is 14.0. The molecule has 3 N–H and O–H groups in total. The summed E-state index contributed by atoms with van der Waals surface area (Å²) in [6.07, 6.45) is 1.97. The lowest BCUT2D eigenvalue weighted by molar-refractivity contribution is -0.121. The summed E-state index contributed by atoms with van der Waals surface area (Å²) in [5, 5.41) is 13.8. The standard InChI is InChI=1S/C12H14N6O2/c13-12(5-6-20-7-12)11(19)15-9-3-1-2-4-10(9)18-8-14-16-17-18/h1-4,8H,5-7,13H2,(H,15,19). The van der Waals surface area contributed by atoms with Gasteiger partial charge in [0.1, 0.15) is 11.9 Å². The molecule has 104 valence electrons. The quantitative estimate of drug-likeness (QED) is 0.797. The van der Waals surface area contributed by atoms with Crippen molar-refractivity contribution in [1.82, 2.24) is 20.2 Å². The molecule has 0 spiro atoms. The zero-order valence-electron chi connectivity index (χ0n) is 10.7. The number of carbonyl (C=O) groups is 1. The second kappa shape index (κ2) is 4.99. The number of nitrogens with one attached hydrogen (secondary N) is 1. The summed E-state index contributed by atoms with van der Waals surface area (Å²) < 4.78 is 6.67. The van der Waals surface area contributed by atoms with Crippen LogP contribution >= 0.6 is 0 Å². The summed E-state index contributed by atoms with van der Waals surface area (Å²) in [5.41, 5.74) is 6.33. The van der Waals surface area contributed by atoms with Gasteiger partial charge in [-0.2, -0.15) is 4.68 Å². The number of aromatic nitrogens is 4. The van der Waals surface area contributed by atoms with Crippen molar-refractivity contribution in [2.24, 2.45) is 5.73 Å². The summed E-state index contributed by atoms with van der Waals surface area (Å²) in [6.45, 7) is 0.727. The van der Waals surface area contributed by atoms with Gasteiger partial charge in [0.15, 0.2) is 0 Å². The summed E-state index contributed by atoms with van der Waals surface area (Å²) in [7, 11) is 0. The van der Waals surface area contributed by atoms with Crippen LogP contribution in [0.15, 0.2) is 30.6 Å². The Hall–Kier alpha value is -2.32. The number of nitrogens with zero attached hydrogens (tertiary/aromatic N) is 4. The average molecular weight is 274 g/mol. The Morgan fingerprint density at radius 2 is 2.30 bits per heavy atom. The van der Waals surface area contributed by atoms with Crippen LogP contribution in [0.3, 0.4) is 0 Å². The molecule has 1 aromatic heterocycles. The topological polar surface area (TPSA) is 108 Å². The number of rotatable bonds is 3. The minimum atomic E-state index is -0.978. The molecule has 1 fully saturated rings. The lowest BCUT2D eigenvalue weighted by Gasteiger charge is -2.21. The van der Waals surface area contributed by atoms with E-state index in [2.05, 4.69) is 20.8 Å². The molecule has 0 bridgehead atoms. The van der Waals surface area contributed by atoms with Gasteiger partial charge in [-0.15, -0.1) is 5.10 Å². The normalized spacial score (nSPS) is 21.9. The van der Waals surface area contributed by atoms with E-state index >= 15 is 0 Å². The first-order valence-corrected chi connectivity index (χ1v) is 6.19. The Bertz CT molecular complexity index is 606. The highest BCUT2D eigenvalue weighted by molar-refractivity contribution is 5.99. The van der Waals surface area contributed by atoms with E-state index in [9.17, 15) is 4.79 Å². The number of hydrogen-bond donors (Lipinski definition) is 2. The smallest absolute Gasteiger partial charge is 0.247 e. The molecule has 8 heteroatoms. The van der Waals surface area contributed by atoms with Crippen LogP contribution in [0, 0.1) is 0 Å². The Labute approximate surface area is 114 Å².